The molecular formula is C23H21F3N3O4S2-. The third-order valence-corrected chi connectivity index (χ3v) is 6.35. The summed E-state index contributed by atoms with van der Waals surface area (Å²) in [5, 5.41) is 0. The van der Waals surface area contributed by atoms with Gasteiger partial charge in [-0.3, -0.25) is 8.93 Å². The highest BCUT2D eigenvalue weighted by atomic mass is 32.2. The van der Waals surface area contributed by atoms with Crippen molar-refractivity contribution in [2.75, 3.05) is 17.5 Å². The number of hydrogen-bond donors (Lipinski definition) is 2. The van der Waals surface area contributed by atoms with Crippen molar-refractivity contribution in [3.8, 4) is 11.8 Å². The lowest BCUT2D eigenvalue weighted by atomic mass is 10.1. The number of nitrogens with one attached hydrogen (secondary N) is 1. The minimum atomic E-state index is -4.41. The number of hydrogen-bond acceptors (Lipinski definition) is 6. The normalized spacial score (nSPS) is 11.9. The van der Waals surface area contributed by atoms with E-state index < -0.39 is 32.8 Å². The maximum absolute atomic E-state index is 12.6. The number of pyridine rings is 1. The van der Waals surface area contributed by atoms with E-state index in [1.165, 1.54) is 49.6 Å². The predicted molar refractivity (Wildman–Crippen MR) is 127 cm³/mol. The number of aryl methyl sites for hydroxylation is 1. The maximum Gasteiger partial charge on any atom is 0.416 e. The minimum Gasteiger partial charge on any atom is -0.768 e. The molecule has 0 fully saturated rings. The molecule has 1 heterocycles. The molecule has 0 radical (unpaired) electrons. The van der Waals surface area contributed by atoms with Gasteiger partial charge in [0.25, 0.3) is 0 Å². The van der Waals surface area contributed by atoms with Crippen LogP contribution in [0, 0.1) is 11.8 Å². The van der Waals surface area contributed by atoms with Crippen LogP contribution >= 0.6 is 0 Å². The first kappa shape index (κ1) is 28.0. The number of rotatable bonds is 6. The van der Waals surface area contributed by atoms with Crippen molar-refractivity contribution in [1.29, 1.82) is 0 Å². The second-order valence-corrected chi connectivity index (χ2v) is 9.53. The van der Waals surface area contributed by atoms with Crippen molar-refractivity contribution in [3.05, 3.63) is 89.2 Å². The number of nitrogens with zero attached hydrogens (tertiary/aromatic N) is 1. The van der Waals surface area contributed by atoms with Gasteiger partial charge >= 0.3 is 6.18 Å². The standard InChI is InChI=1S/C22H17F3N2O4S2.CH5N/c23-22(24,25)18-9-5-16(6-10-18)7-11-19-12-8-17(15-26-19)13-14-33(30,31)27-20-3-1-2-4-21(20)32(28)29;1-2/h1-6,8-10,12,15,27H,13-14H2,(H,28,29);2H2,1H3/p-1. The van der Waals surface area contributed by atoms with E-state index in [4.69, 9.17) is 0 Å². The van der Waals surface area contributed by atoms with Crippen LogP contribution in [0.25, 0.3) is 0 Å². The fourth-order valence-corrected chi connectivity index (χ4v) is 4.36. The van der Waals surface area contributed by atoms with E-state index in [2.05, 4.69) is 27.3 Å². The van der Waals surface area contributed by atoms with Gasteiger partial charge < -0.3 is 10.3 Å². The van der Waals surface area contributed by atoms with Gasteiger partial charge in [-0.1, -0.05) is 24.1 Å². The zero-order valence-electron chi connectivity index (χ0n) is 18.4. The Labute approximate surface area is 203 Å². The van der Waals surface area contributed by atoms with Crippen LogP contribution in [-0.4, -0.2) is 35.0 Å². The number of benzene rings is 2. The highest BCUT2D eigenvalue weighted by Crippen LogP contribution is 2.29. The molecule has 1 atom stereocenters. The summed E-state index contributed by atoms with van der Waals surface area (Å²) in [4.78, 5) is 3.97. The number of anilines is 1. The summed E-state index contributed by atoms with van der Waals surface area (Å²) < 4.78 is 87.1. The third kappa shape index (κ3) is 8.80. The van der Waals surface area contributed by atoms with E-state index in [9.17, 15) is 30.4 Å². The molecule has 12 heteroatoms. The summed E-state index contributed by atoms with van der Waals surface area (Å²) in [5.74, 6) is 5.16. The first-order valence-electron chi connectivity index (χ1n) is 9.94. The smallest absolute Gasteiger partial charge is 0.416 e. The minimum absolute atomic E-state index is 0.0298. The van der Waals surface area contributed by atoms with Crippen molar-refractivity contribution in [2.45, 2.75) is 17.5 Å². The van der Waals surface area contributed by atoms with Crippen molar-refractivity contribution in [3.63, 3.8) is 0 Å². The Kier molecular flexibility index (Phi) is 9.97. The molecule has 186 valence electrons. The Morgan fingerprint density at radius 1 is 1.03 bits per heavy atom. The fourth-order valence-electron chi connectivity index (χ4n) is 2.69. The molecule has 3 N–H and O–H groups in total. The van der Waals surface area contributed by atoms with Gasteiger partial charge in [0.1, 0.15) is 5.69 Å². The van der Waals surface area contributed by atoms with E-state index in [0.29, 0.717) is 16.8 Å². The third-order valence-electron chi connectivity index (χ3n) is 4.36. The van der Waals surface area contributed by atoms with Crippen LogP contribution in [0.2, 0.25) is 0 Å². The summed E-state index contributed by atoms with van der Waals surface area (Å²) >= 11 is -2.59. The van der Waals surface area contributed by atoms with Crippen LogP contribution < -0.4 is 10.5 Å². The Morgan fingerprint density at radius 3 is 2.26 bits per heavy atom. The molecular weight excluding hydrogens is 503 g/mol. The molecule has 2 aromatic carbocycles. The molecule has 0 spiro atoms. The van der Waals surface area contributed by atoms with Gasteiger partial charge in [0, 0.05) is 16.7 Å². The van der Waals surface area contributed by atoms with E-state index >= 15 is 0 Å². The first-order chi connectivity index (χ1) is 16.5. The topological polar surface area (TPSA) is 125 Å². The van der Waals surface area contributed by atoms with Gasteiger partial charge in [0.05, 0.1) is 17.0 Å². The molecule has 0 aliphatic rings. The molecule has 0 amide bonds. The van der Waals surface area contributed by atoms with E-state index in [1.807, 2.05) is 0 Å². The van der Waals surface area contributed by atoms with Crippen molar-refractivity contribution < 1.29 is 30.4 Å². The van der Waals surface area contributed by atoms with E-state index in [0.717, 1.165) is 12.1 Å². The molecule has 1 aromatic heterocycles. The van der Waals surface area contributed by atoms with Crippen LogP contribution in [0.1, 0.15) is 22.4 Å². The van der Waals surface area contributed by atoms with Gasteiger partial charge in [-0.2, -0.15) is 13.2 Å². The number of alkyl halides is 3. The molecule has 3 aromatic rings. The number of para-hydroxylation sites is 1. The molecule has 3 rings (SSSR count). The van der Waals surface area contributed by atoms with Crippen molar-refractivity contribution in [1.82, 2.24) is 4.98 Å². The van der Waals surface area contributed by atoms with Crippen LogP contribution in [0.3, 0.4) is 0 Å². The zero-order valence-corrected chi connectivity index (χ0v) is 20.0. The molecule has 0 bridgehead atoms. The van der Waals surface area contributed by atoms with Gasteiger partial charge in [0.2, 0.25) is 10.0 Å². The summed E-state index contributed by atoms with van der Waals surface area (Å²) in [6.45, 7) is 0. The molecule has 0 aliphatic carbocycles. The number of nitrogens with two attached hydrogens (primary N) is 1. The van der Waals surface area contributed by atoms with Gasteiger partial charge in [-0.25, -0.2) is 13.4 Å². The lowest BCUT2D eigenvalue weighted by Crippen LogP contribution is -2.19. The fraction of sp³-hybridized carbons (Fsp3) is 0.174. The Bertz CT molecular complexity index is 1320. The number of sulfonamides is 1. The second-order valence-electron chi connectivity index (χ2n) is 6.78. The maximum atomic E-state index is 12.6. The van der Waals surface area contributed by atoms with Gasteiger partial charge in [-0.15, -0.1) is 0 Å². The van der Waals surface area contributed by atoms with Crippen LogP contribution in [0.15, 0.2) is 71.8 Å². The van der Waals surface area contributed by atoms with E-state index in [-0.39, 0.29) is 22.8 Å². The number of halogens is 3. The molecule has 35 heavy (non-hydrogen) atoms. The van der Waals surface area contributed by atoms with Crippen molar-refractivity contribution in [2.24, 2.45) is 5.73 Å². The second kappa shape index (κ2) is 12.5. The molecule has 0 saturated carbocycles. The molecule has 0 saturated heterocycles. The highest BCUT2D eigenvalue weighted by Gasteiger charge is 2.29. The average Bonchev–Trinajstić information content (AvgIpc) is 2.83. The number of aromatic nitrogens is 1. The van der Waals surface area contributed by atoms with E-state index in [1.54, 1.807) is 12.1 Å². The SMILES string of the molecule is CN.O=S([O-])c1ccccc1NS(=O)(=O)CCc1ccc(C#Cc2ccc(C(F)(F)F)cc2)nc1. The summed E-state index contributed by atoms with van der Waals surface area (Å²) in [6.07, 6.45) is -2.84. The lowest BCUT2D eigenvalue weighted by Gasteiger charge is -2.13. The Morgan fingerprint density at radius 2 is 1.69 bits per heavy atom. The van der Waals surface area contributed by atoms with Crippen LogP contribution in [-0.2, 0) is 33.7 Å². The molecule has 7 nitrogen and oxygen atoms in total. The van der Waals surface area contributed by atoms with Gasteiger partial charge in [-0.05, 0) is 78.5 Å². The van der Waals surface area contributed by atoms with Crippen LogP contribution in [0.5, 0.6) is 0 Å². The zero-order chi connectivity index (χ0) is 26.1. The quantitative estimate of drug-likeness (QED) is 0.377. The Balaban J connectivity index is 0.00000210. The predicted octanol–water partition coefficient (Wildman–Crippen LogP) is 3.30. The molecule has 1 unspecified atom stereocenters. The largest absolute Gasteiger partial charge is 0.768 e. The first-order valence-corrected chi connectivity index (χ1v) is 12.7. The van der Waals surface area contributed by atoms with Crippen LogP contribution in [0.4, 0.5) is 18.9 Å². The van der Waals surface area contributed by atoms with Gasteiger partial charge in [0.15, 0.2) is 0 Å². The molecule has 0 aliphatic heterocycles. The highest BCUT2D eigenvalue weighted by molar-refractivity contribution is 7.92. The van der Waals surface area contributed by atoms with Crippen molar-refractivity contribution >= 4 is 26.8 Å². The summed E-state index contributed by atoms with van der Waals surface area (Å²) in [5.41, 5.74) is 5.08. The monoisotopic (exact) mass is 524 g/mol. The summed E-state index contributed by atoms with van der Waals surface area (Å²) in [6, 6.07) is 13.3. The Hall–Kier alpha value is -3.24. The average molecular weight is 525 g/mol. The summed E-state index contributed by atoms with van der Waals surface area (Å²) in [7, 11) is -2.32. The lowest BCUT2D eigenvalue weighted by molar-refractivity contribution is -0.137.